The van der Waals surface area contributed by atoms with Crippen LogP contribution in [0.4, 0.5) is 30.4 Å². The number of nitrogens with zero attached hydrogens (tertiary/aromatic N) is 3. The van der Waals surface area contributed by atoms with Crippen molar-refractivity contribution in [3.05, 3.63) is 77.6 Å². The Morgan fingerprint density at radius 3 is 2.69 bits per heavy atom. The molecule has 1 amide bonds. The third-order valence-corrected chi connectivity index (χ3v) is 5.41. The van der Waals surface area contributed by atoms with Gasteiger partial charge in [-0.15, -0.1) is 0 Å². The molecule has 0 radical (unpaired) electrons. The van der Waals surface area contributed by atoms with Crippen LogP contribution >= 0.6 is 0 Å². The van der Waals surface area contributed by atoms with Crippen molar-refractivity contribution in [3.63, 3.8) is 0 Å². The summed E-state index contributed by atoms with van der Waals surface area (Å²) in [5.41, 5.74) is 1.48. The Morgan fingerprint density at radius 2 is 1.91 bits per heavy atom. The number of benzene rings is 2. The number of alkyl halides is 3. The van der Waals surface area contributed by atoms with E-state index < -0.39 is 17.6 Å². The number of nitrogens with one attached hydrogen (secondary N) is 3. The lowest BCUT2D eigenvalue weighted by atomic mass is 10.0. The van der Waals surface area contributed by atoms with Crippen LogP contribution in [0.1, 0.15) is 27.9 Å². The number of fused-ring (bicyclic) bond motifs is 1. The molecule has 0 bridgehead atoms. The highest BCUT2D eigenvalue weighted by atomic mass is 19.4. The second-order valence-electron chi connectivity index (χ2n) is 8.47. The van der Waals surface area contributed by atoms with E-state index in [1.165, 1.54) is 6.20 Å². The van der Waals surface area contributed by atoms with Crippen molar-refractivity contribution in [1.29, 1.82) is 0 Å². The van der Waals surface area contributed by atoms with E-state index in [0.717, 1.165) is 29.6 Å². The van der Waals surface area contributed by atoms with Crippen LogP contribution in [0.5, 0.6) is 0 Å². The van der Waals surface area contributed by atoms with Crippen molar-refractivity contribution >= 4 is 34.0 Å². The van der Waals surface area contributed by atoms with Crippen LogP contribution in [0.3, 0.4) is 0 Å². The molecule has 182 valence electrons. The average molecular weight is 483 g/mol. The maximum atomic E-state index is 13.5. The van der Waals surface area contributed by atoms with Crippen LogP contribution < -0.4 is 10.6 Å². The van der Waals surface area contributed by atoms with Gasteiger partial charge in [0.2, 0.25) is 0 Å². The van der Waals surface area contributed by atoms with Gasteiger partial charge in [-0.2, -0.15) is 18.3 Å². The van der Waals surface area contributed by atoms with Crippen molar-refractivity contribution in [1.82, 2.24) is 20.1 Å². The van der Waals surface area contributed by atoms with Crippen LogP contribution in [0.2, 0.25) is 0 Å². The number of amides is 1. The third-order valence-electron chi connectivity index (χ3n) is 5.41. The molecular weight excluding hydrogens is 457 g/mol. The van der Waals surface area contributed by atoms with Crippen molar-refractivity contribution in [2.45, 2.75) is 19.0 Å². The zero-order valence-corrected chi connectivity index (χ0v) is 19.3. The van der Waals surface area contributed by atoms with Gasteiger partial charge in [0.1, 0.15) is 5.82 Å². The molecule has 2 heterocycles. The SMILES string of the molecule is CN(C)CCCc1cc(NC(=O)c2cccnc2Nc2ccc3cn[nH]c3c2)cc(C(F)(F)F)c1. The van der Waals surface area contributed by atoms with E-state index in [9.17, 15) is 18.0 Å². The highest BCUT2D eigenvalue weighted by Crippen LogP contribution is 2.33. The number of H-pyrrole nitrogens is 1. The molecule has 7 nitrogen and oxygen atoms in total. The number of pyridine rings is 1. The lowest BCUT2D eigenvalue weighted by Crippen LogP contribution is -2.16. The predicted octanol–water partition coefficient (Wildman–Crippen LogP) is 5.47. The monoisotopic (exact) mass is 482 g/mol. The van der Waals surface area contributed by atoms with Crippen molar-refractivity contribution < 1.29 is 18.0 Å². The minimum absolute atomic E-state index is 0.0818. The summed E-state index contributed by atoms with van der Waals surface area (Å²) in [5, 5.41) is 13.5. The Balaban J connectivity index is 1.57. The number of hydrogen-bond acceptors (Lipinski definition) is 5. The summed E-state index contributed by atoms with van der Waals surface area (Å²) in [6, 6.07) is 12.3. The molecule has 3 N–H and O–H groups in total. The first-order valence-corrected chi connectivity index (χ1v) is 11.0. The van der Waals surface area contributed by atoms with E-state index in [2.05, 4.69) is 25.8 Å². The van der Waals surface area contributed by atoms with Crippen LogP contribution in [0.15, 0.2) is 60.9 Å². The molecule has 35 heavy (non-hydrogen) atoms. The lowest BCUT2D eigenvalue weighted by Gasteiger charge is -2.15. The maximum Gasteiger partial charge on any atom is 0.416 e. The molecule has 2 aromatic carbocycles. The number of hydrogen-bond donors (Lipinski definition) is 3. The average Bonchev–Trinajstić information content (AvgIpc) is 3.26. The van der Waals surface area contributed by atoms with Gasteiger partial charge in [0.25, 0.3) is 5.91 Å². The van der Waals surface area contributed by atoms with Gasteiger partial charge in [-0.25, -0.2) is 4.98 Å². The Hall–Kier alpha value is -3.92. The van der Waals surface area contributed by atoms with Crippen LogP contribution in [0, 0.1) is 0 Å². The lowest BCUT2D eigenvalue weighted by molar-refractivity contribution is -0.137. The van der Waals surface area contributed by atoms with E-state index in [0.29, 0.717) is 24.1 Å². The van der Waals surface area contributed by atoms with Crippen LogP contribution in [0.25, 0.3) is 10.9 Å². The van der Waals surface area contributed by atoms with Crippen molar-refractivity contribution in [2.75, 3.05) is 31.3 Å². The number of aryl methyl sites for hydroxylation is 1. The molecule has 0 saturated heterocycles. The van der Waals surface area contributed by atoms with Crippen molar-refractivity contribution in [3.8, 4) is 0 Å². The molecule has 4 aromatic rings. The fraction of sp³-hybridized carbons (Fsp3) is 0.240. The molecule has 4 rings (SSSR count). The summed E-state index contributed by atoms with van der Waals surface area (Å²) in [6.07, 6.45) is -0.146. The summed E-state index contributed by atoms with van der Waals surface area (Å²) < 4.78 is 40.5. The van der Waals surface area contributed by atoms with Gasteiger partial charge in [0, 0.05) is 23.0 Å². The number of carbonyl (C=O) groups excluding carboxylic acids is 1. The number of rotatable bonds is 8. The van der Waals surface area contributed by atoms with Crippen molar-refractivity contribution in [2.24, 2.45) is 0 Å². The van der Waals surface area contributed by atoms with E-state index in [4.69, 9.17) is 0 Å². The summed E-state index contributed by atoms with van der Waals surface area (Å²) in [6.45, 7) is 0.743. The van der Waals surface area contributed by atoms with E-state index in [-0.39, 0.29) is 17.1 Å². The molecule has 0 aliphatic carbocycles. The number of halogens is 3. The Labute approximate surface area is 200 Å². The first kappa shape index (κ1) is 24.2. The number of aromatic nitrogens is 3. The Bertz CT molecular complexity index is 1330. The number of carbonyl (C=O) groups is 1. The normalized spacial score (nSPS) is 11.7. The fourth-order valence-corrected chi connectivity index (χ4v) is 3.71. The standard InChI is InChI=1S/C25H25F3N6O/c1-34(2)10-4-5-16-11-18(25(26,27)28)13-20(12-16)32-24(35)21-6-3-9-29-23(21)31-19-8-7-17-15-30-33-22(17)14-19/h3,6-9,11-15H,4-5,10H2,1-2H3,(H,29,31)(H,30,33)(H,32,35). The largest absolute Gasteiger partial charge is 0.416 e. The third kappa shape index (κ3) is 6.15. The minimum Gasteiger partial charge on any atom is -0.340 e. The number of aromatic amines is 1. The molecular formula is C25H25F3N6O. The van der Waals surface area contributed by atoms with E-state index in [1.54, 1.807) is 24.4 Å². The topological polar surface area (TPSA) is 85.9 Å². The molecule has 10 heteroatoms. The van der Waals surface area contributed by atoms with Gasteiger partial charge < -0.3 is 15.5 Å². The van der Waals surface area contributed by atoms with Gasteiger partial charge in [-0.1, -0.05) is 0 Å². The van der Waals surface area contributed by atoms with Crippen LogP contribution in [-0.4, -0.2) is 46.6 Å². The quantitative estimate of drug-likeness (QED) is 0.310. The first-order chi connectivity index (χ1) is 16.7. The highest BCUT2D eigenvalue weighted by Gasteiger charge is 2.31. The summed E-state index contributed by atoms with van der Waals surface area (Å²) in [5.74, 6) is -0.288. The van der Waals surface area contributed by atoms with Gasteiger partial charge >= 0.3 is 6.18 Å². The highest BCUT2D eigenvalue weighted by molar-refractivity contribution is 6.08. The van der Waals surface area contributed by atoms with Crippen LogP contribution in [-0.2, 0) is 12.6 Å². The minimum atomic E-state index is -4.52. The molecule has 0 aliphatic heterocycles. The molecule has 0 fully saturated rings. The molecule has 0 saturated carbocycles. The van der Waals surface area contributed by atoms with E-state index in [1.807, 2.05) is 37.2 Å². The van der Waals surface area contributed by atoms with Gasteiger partial charge in [-0.05, 0) is 87.6 Å². The zero-order chi connectivity index (χ0) is 25.0. The molecule has 0 aliphatic rings. The smallest absolute Gasteiger partial charge is 0.340 e. The predicted molar refractivity (Wildman–Crippen MR) is 130 cm³/mol. The van der Waals surface area contributed by atoms with Gasteiger partial charge in [-0.3, -0.25) is 9.89 Å². The number of anilines is 3. The van der Waals surface area contributed by atoms with Gasteiger partial charge in [0.15, 0.2) is 0 Å². The Morgan fingerprint density at radius 1 is 1.09 bits per heavy atom. The van der Waals surface area contributed by atoms with Gasteiger partial charge in [0.05, 0.1) is 22.8 Å². The second kappa shape index (κ2) is 10.1. The molecule has 2 aromatic heterocycles. The molecule has 0 unspecified atom stereocenters. The second-order valence-corrected chi connectivity index (χ2v) is 8.47. The first-order valence-electron chi connectivity index (χ1n) is 11.0. The van der Waals surface area contributed by atoms with E-state index >= 15 is 0 Å². The summed E-state index contributed by atoms with van der Waals surface area (Å²) >= 11 is 0. The summed E-state index contributed by atoms with van der Waals surface area (Å²) in [4.78, 5) is 19.3. The molecule has 0 atom stereocenters. The fourth-order valence-electron chi connectivity index (χ4n) is 3.71. The maximum absolute atomic E-state index is 13.5. The zero-order valence-electron chi connectivity index (χ0n) is 19.3. The summed E-state index contributed by atoms with van der Waals surface area (Å²) in [7, 11) is 3.81. The Kier molecular flexibility index (Phi) is 7.02. The molecule has 0 spiro atoms.